The summed E-state index contributed by atoms with van der Waals surface area (Å²) < 4.78 is 0.625. The average Bonchev–Trinajstić information content (AvgIpc) is 2.35. The molecule has 2 aromatic rings. The lowest BCUT2D eigenvalue weighted by Crippen LogP contribution is -2.12. The second-order valence-electron chi connectivity index (χ2n) is 3.89. The second kappa shape index (κ2) is 5.19. The number of nitrogens with two attached hydrogens (primary N) is 1. The quantitative estimate of drug-likeness (QED) is 0.505. The van der Waals surface area contributed by atoms with Gasteiger partial charge >= 0.3 is 0 Å². The molecule has 0 spiro atoms. The Labute approximate surface area is 117 Å². The molecule has 0 saturated heterocycles. The number of hydrogen-bond donors (Lipinski definition) is 4. The maximum absolute atomic E-state index is 12.0. The summed E-state index contributed by atoms with van der Waals surface area (Å²) in [5.74, 6) is -0.833. The van der Waals surface area contributed by atoms with Crippen molar-refractivity contribution in [2.45, 2.75) is 0 Å². The normalized spacial score (nSPS) is 10.2. The summed E-state index contributed by atoms with van der Waals surface area (Å²) in [6.45, 7) is 0. The van der Waals surface area contributed by atoms with Crippen molar-refractivity contribution in [1.29, 1.82) is 0 Å². The predicted octanol–water partition coefficient (Wildman–Crippen LogP) is 2.69. The maximum Gasteiger partial charge on any atom is 0.259 e. The molecule has 0 aliphatic heterocycles. The van der Waals surface area contributed by atoms with E-state index in [9.17, 15) is 15.0 Å². The Morgan fingerprint density at radius 2 is 1.89 bits per heavy atom. The van der Waals surface area contributed by atoms with Gasteiger partial charge in [0.05, 0.1) is 11.3 Å². The molecule has 0 unspecified atom stereocenters. The van der Waals surface area contributed by atoms with Crippen LogP contribution in [0.1, 0.15) is 10.4 Å². The van der Waals surface area contributed by atoms with Gasteiger partial charge in [0.1, 0.15) is 11.5 Å². The van der Waals surface area contributed by atoms with Crippen LogP contribution in [-0.4, -0.2) is 16.1 Å². The van der Waals surface area contributed by atoms with Crippen molar-refractivity contribution in [2.24, 2.45) is 0 Å². The van der Waals surface area contributed by atoms with Crippen LogP contribution in [0.2, 0.25) is 0 Å². The third-order valence-corrected chi connectivity index (χ3v) is 3.12. The van der Waals surface area contributed by atoms with Crippen molar-refractivity contribution in [3.63, 3.8) is 0 Å². The first-order valence-corrected chi connectivity index (χ1v) is 6.15. The first kappa shape index (κ1) is 13.2. The third kappa shape index (κ3) is 2.97. The fourth-order valence-electron chi connectivity index (χ4n) is 1.53. The Kier molecular flexibility index (Phi) is 3.62. The molecule has 0 aliphatic rings. The molecule has 2 aromatic carbocycles. The summed E-state index contributed by atoms with van der Waals surface area (Å²) in [5, 5.41) is 21.5. The summed E-state index contributed by atoms with van der Waals surface area (Å²) >= 11 is 3.27. The third-order valence-electron chi connectivity index (χ3n) is 2.47. The number of carbonyl (C=O) groups is 1. The number of halogens is 1. The summed E-state index contributed by atoms with van der Waals surface area (Å²) in [6.07, 6.45) is 0. The largest absolute Gasteiger partial charge is 0.508 e. The van der Waals surface area contributed by atoms with E-state index in [-0.39, 0.29) is 17.1 Å². The van der Waals surface area contributed by atoms with Gasteiger partial charge in [0.2, 0.25) is 0 Å². The minimum Gasteiger partial charge on any atom is -0.508 e. The highest BCUT2D eigenvalue weighted by Crippen LogP contribution is 2.27. The minimum absolute atomic E-state index is 0.0104. The number of nitrogen functional groups attached to an aromatic ring is 1. The van der Waals surface area contributed by atoms with E-state index in [0.29, 0.717) is 15.8 Å². The van der Waals surface area contributed by atoms with E-state index in [0.717, 1.165) is 0 Å². The second-order valence-corrected chi connectivity index (χ2v) is 4.75. The smallest absolute Gasteiger partial charge is 0.259 e. The lowest BCUT2D eigenvalue weighted by molar-refractivity contribution is 0.102. The molecule has 0 aromatic heterocycles. The number of aromatic hydroxyl groups is 2. The van der Waals surface area contributed by atoms with Gasteiger partial charge in [-0.1, -0.05) is 0 Å². The zero-order chi connectivity index (χ0) is 14.0. The standard InChI is InChI=1S/C13H11BrN2O3/c14-10-5-7(15)1-3-11(10)16-13(19)9-6-8(17)2-4-12(9)18/h1-6,17-18H,15H2,(H,16,19). The van der Waals surface area contributed by atoms with E-state index < -0.39 is 5.91 Å². The molecule has 0 heterocycles. The van der Waals surface area contributed by atoms with Crippen LogP contribution in [0.25, 0.3) is 0 Å². The number of benzene rings is 2. The molecule has 5 nitrogen and oxygen atoms in total. The van der Waals surface area contributed by atoms with E-state index in [1.54, 1.807) is 18.2 Å². The van der Waals surface area contributed by atoms with Crippen LogP contribution in [-0.2, 0) is 0 Å². The van der Waals surface area contributed by atoms with E-state index >= 15 is 0 Å². The van der Waals surface area contributed by atoms with E-state index in [2.05, 4.69) is 21.2 Å². The zero-order valence-electron chi connectivity index (χ0n) is 9.72. The monoisotopic (exact) mass is 322 g/mol. The topological polar surface area (TPSA) is 95.6 Å². The number of phenols is 2. The SMILES string of the molecule is Nc1ccc(NC(=O)c2cc(O)ccc2O)c(Br)c1. The first-order chi connectivity index (χ1) is 8.97. The van der Waals surface area contributed by atoms with Gasteiger partial charge in [-0.3, -0.25) is 4.79 Å². The van der Waals surface area contributed by atoms with Gasteiger partial charge in [-0.05, 0) is 52.3 Å². The number of carbonyl (C=O) groups excluding carboxylic acids is 1. The van der Waals surface area contributed by atoms with Gasteiger partial charge in [-0.15, -0.1) is 0 Å². The lowest BCUT2D eigenvalue weighted by Gasteiger charge is -2.09. The molecule has 0 bridgehead atoms. The Morgan fingerprint density at radius 1 is 1.16 bits per heavy atom. The van der Waals surface area contributed by atoms with Crippen LogP contribution in [0.15, 0.2) is 40.9 Å². The Balaban J connectivity index is 2.28. The summed E-state index contributed by atoms with van der Waals surface area (Å²) in [7, 11) is 0. The van der Waals surface area contributed by atoms with Crippen LogP contribution in [0.5, 0.6) is 11.5 Å². The minimum atomic E-state index is -0.529. The molecule has 6 heteroatoms. The zero-order valence-corrected chi connectivity index (χ0v) is 11.3. The van der Waals surface area contributed by atoms with Crippen molar-refractivity contribution in [2.75, 3.05) is 11.1 Å². The van der Waals surface area contributed by atoms with E-state index in [1.807, 2.05) is 0 Å². The van der Waals surface area contributed by atoms with Crippen molar-refractivity contribution in [3.8, 4) is 11.5 Å². The number of phenolic OH excluding ortho intramolecular Hbond substituents is 2. The fraction of sp³-hybridized carbons (Fsp3) is 0. The molecule has 1 amide bonds. The molecule has 0 aliphatic carbocycles. The number of amides is 1. The number of hydrogen-bond acceptors (Lipinski definition) is 4. The molecule has 0 fully saturated rings. The summed E-state index contributed by atoms with van der Waals surface area (Å²) in [6, 6.07) is 8.67. The molecule has 0 atom stereocenters. The van der Waals surface area contributed by atoms with E-state index in [4.69, 9.17) is 5.73 Å². The molecule has 5 N–H and O–H groups in total. The maximum atomic E-state index is 12.0. The molecule has 98 valence electrons. The van der Waals surface area contributed by atoms with Crippen molar-refractivity contribution in [1.82, 2.24) is 0 Å². The lowest BCUT2D eigenvalue weighted by atomic mass is 10.1. The Hall–Kier alpha value is -2.21. The van der Waals surface area contributed by atoms with Crippen LogP contribution >= 0.6 is 15.9 Å². The van der Waals surface area contributed by atoms with Gasteiger partial charge in [-0.25, -0.2) is 0 Å². The van der Waals surface area contributed by atoms with Crippen molar-refractivity contribution in [3.05, 3.63) is 46.4 Å². The molecule has 0 saturated carbocycles. The van der Waals surface area contributed by atoms with Gasteiger partial charge < -0.3 is 21.3 Å². The number of anilines is 2. The summed E-state index contributed by atoms with van der Waals surface area (Å²) in [5.41, 5.74) is 6.66. The van der Waals surface area contributed by atoms with E-state index in [1.165, 1.54) is 18.2 Å². The highest BCUT2D eigenvalue weighted by atomic mass is 79.9. The first-order valence-electron chi connectivity index (χ1n) is 5.36. The highest BCUT2D eigenvalue weighted by Gasteiger charge is 2.13. The summed E-state index contributed by atoms with van der Waals surface area (Å²) in [4.78, 5) is 12.0. The van der Waals surface area contributed by atoms with Crippen LogP contribution in [0.3, 0.4) is 0 Å². The average molecular weight is 323 g/mol. The van der Waals surface area contributed by atoms with Crippen LogP contribution in [0, 0.1) is 0 Å². The Bertz CT molecular complexity index is 644. The van der Waals surface area contributed by atoms with Crippen LogP contribution < -0.4 is 11.1 Å². The molecular formula is C13H11BrN2O3. The molecular weight excluding hydrogens is 312 g/mol. The van der Waals surface area contributed by atoms with Gasteiger partial charge in [0, 0.05) is 10.2 Å². The van der Waals surface area contributed by atoms with Gasteiger partial charge in [0.25, 0.3) is 5.91 Å². The van der Waals surface area contributed by atoms with Crippen molar-refractivity contribution < 1.29 is 15.0 Å². The van der Waals surface area contributed by atoms with Crippen LogP contribution in [0.4, 0.5) is 11.4 Å². The molecule has 2 rings (SSSR count). The Morgan fingerprint density at radius 3 is 2.58 bits per heavy atom. The van der Waals surface area contributed by atoms with Crippen molar-refractivity contribution >= 4 is 33.2 Å². The predicted molar refractivity (Wildman–Crippen MR) is 76.3 cm³/mol. The number of rotatable bonds is 2. The number of nitrogens with one attached hydrogen (secondary N) is 1. The van der Waals surface area contributed by atoms with Gasteiger partial charge in [0.15, 0.2) is 0 Å². The van der Waals surface area contributed by atoms with Gasteiger partial charge in [-0.2, -0.15) is 0 Å². The fourth-order valence-corrected chi connectivity index (χ4v) is 2.02. The molecule has 0 radical (unpaired) electrons. The highest BCUT2D eigenvalue weighted by molar-refractivity contribution is 9.10. The molecule has 19 heavy (non-hydrogen) atoms.